The highest BCUT2D eigenvalue weighted by molar-refractivity contribution is 5.93. The summed E-state index contributed by atoms with van der Waals surface area (Å²) in [5.74, 6) is -4.23. The Morgan fingerprint density at radius 2 is 1.58 bits per heavy atom. The van der Waals surface area contributed by atoms with Crippen molar-refractivity contribution in [3.05, 3.63) is 35.9 Å². The van der Waals surface area contributed by atoms with E-state index in [1.807, 2.05) is 0 Å². The predicted molar refractivity (Wildman–Crippen MR) is 112 cm³/mol. The average Bonchev–Trinajstić information content (AvgIpc) is 2.69. The van der Waals surface area contributed by atoms with Gasteiger partial charge in [0.15, 0.2) is 5.96 Å². The van der Waals surface area contributed by atoms with Gasteiger partial charge in [-0.15, -0.1) is 0 Å². The number of hydrogen-bond acceptors (Lipinski definition) is 6. The third-order valence-corrected chi connectivity index (χ3v) is 4.21. The van der Waals surface area contributed by atoms with E-state index in [1.165, 1.54) is 0 Å². The summed E-state index contributed by atoms with van der Waals surface area (Å²) in [5, 5.41) is 23.0. The van der Waals surface area contributed by atoms with Gasteiger partial charge in [-0.25, -0.2) is 4.79 Å². The van der Waals surface area contributed by atoms with Gasteiger partial charge in [0.2, 0.25) is 11.8 Å². The van der Waals surface area contributed by atoms with Crippen LogP contribution in [0, 0.1) is 0 Å². The maximum Gasteiger partial charge on any atom is 0.326 e. The van der Waals surface area contributed by atoms with E-state index in [0.717, 1.165) is 0 Å². The van der Waals surface area contributed by atoms with Gasteiger partial charge in [0.25, 0.3) is 0 Å². The Labute approximate surface area is 178 Å². The number of hydrogen-bond donors (Lipinski definition) is 7. The minimum Gasteiger partial charge on any atom is -0.481 e. The number of carbonyl (C=O) groups is 4. The maximum absolute atomic E-state index is 12.8. The zero-order chi connectivity index (χ0) is 23.4. The third-order valence-electron chi connectivity index (χ3n) is 4.21. The number of nitrogens with zero attached hydrogens (tertiary/aromatic N) is 1. The Hall–Kier alpha value is -3.67. The maximum atomic E-state index is 12.8. The van der Waals surface area contributed by atoms with E-state index < -0.39 is 48.3 Å². The van der Waals surface area contributed by atoms with Crippen LogP contribution in [0.25, 0.3) is 0 Å². The van der Waals surface area contributed by atoms with E-state index in [4.69, 9.17) is 22.3 Å². The SMILES string of the molecule is NC(N)=NCCCC(NC(=O)C(Cc1ccccc1)NC(=O)C(N)CC(=O)O)C(=O)O. The lowest BCUT2D eigenvalue weighted by molar-refractivity contribution is -0.143. The molecule has 2 amide bonds. The van der Waals surface area contributed by atoms with Crippen molar-refractivity contribution in [2.45, 2.75) is 43.8 Å². The number of amides is 2. The van der Waals surface area contributed by atoms with Gasteiger partial charge in [0, 0.05) is 13.0 Å². The number of benzene rings is 1. The molecule has 0 saturated carbocycles. The van der Waals surface area contributed by atoms with Gasteiger partial charge in [-0.3, -0.25) is 19.4 Å². The van der Waals surface area contributed by atoms with Gasteiger partial charge in [-0.1, -0.05) is 30.3 Å². The summed E-state index contributed by atoms with van der Waals surface area (Å²) in [6, 6.07) is 4.97. The number of carbonyl (C=O) groups excluding carboxylic acids is 2. The van der Waals surface area contributed by atoms with Crippen molar-refractivity contribution in [2.24, 2.45) is 22.2 Å². The Balaban J connectivity index is 2.89. The summed E-state index contributed by atoms with van der Waals surface area (Å²) in [4.78, 5) is 51.1. The molecule has 0 aliphatic heterocycles. The first-order valence-electron chi connectivity index (χ1n) is 9.50. The molecular formula is C19H28N6O6. The van der Waals surface area contributed by atoms with E-state index in [0.29, 0.717) is 12.0 Å². The smallest absolute Gasteiger partial charge is 0.326 e. The summed E-state index contributed by atoms with van der Waals surface area (Å²) >= 11 is 0. The number of carboxylic acids is 2. The molecular weight excluding hydrogens is 408 g/mol. The van der Waals surface area contributed by atoms with Crippen molar-refractivity contribution in [1.29, 1.82) is 0 Å². The quantitative estimate of drug-likeness (QED) is 0.104. The first-order chi connectivity index (χ1) is 14.6. The number of aliphatic imine (C=N–C) groups is 1. The molecule has 1 aromatic rings. The van der Waals surface area contributed by atoms with E-state index >= 15 is 0 Å². The molecule has 0 saturated heterocycles. The molecule has 0 bridgehead atoms. The second-order valence-electron chi connectivity index (χ2n) is 6.80. The average molecular weight is 436 g/mol. The second-order valence-corrected chi connectivity index (χ2v) is 6.80. The van der Waals surface area contributed by atoms with Crippen LogP contribution in [0.15, 0.2) is 35.3 Å². The minimum absolute atomic E-state index is 0.0541. The van der Waals surface area contributed by atoms with E-state index in [2.05, 4.69) is 15.6 Å². The van der Waals surface area contributed by atoms with Crippen molar-refractivity contribution in [1.82, 2.24) is 10.6 Å². The molecule has 0 aliphatic rings. The molecule has 31 heavy (non-hydrogen) atoms. The Kier molecular flexibility index (Phi) is 10.5. The van der Waals surface area contributed by atoms with E-state index in [9.17, 15) is 24.3 Å². The Morgan fingerprint density at radius 3 is 2.13 bits per heavy atom. The number of aliphatic carboxylic acids is 2. The van der Waals surface area contributed by atoms with Gasteiger partial charge in [0.05, 0.1) is 12.5 Å². The van der Waals surface area contributed by atoms with Crippen molar-refractivity contribution in [3.8, 4) is 0 Å². The lowest BCUT2D eigenvalue weighted by Crippen LogP contribution is -2.55. The van der Waals surface area contributed by atoms with Gasteiger partial charge < -0.3 is 38.0 Å². The summed E-state index contributed by atoms with van der Waals surface area (Å²) in [6.07, 6.45) is -0.205. The summed E-state index contributed by atoms with van der Waals surface area (Å²) in [7, 11) is 0. The first kappa shape index (κ1) is 25.4. The Bertz CT molecular complexity index is 796. The fourth-order valence-electron chi connectivity index (χ4n) is 2.65. The number of rotatable bonds is 13. The standard InChI is InChI=1S/C19H28N6O6/c20-12(10-15(26)27)16(28)25-14(9-11-5-2-1-3-6-11)17(29)24-13(18(30)31)7-4-8-23-19(21)22/h1-3,5-6,12-14H,4,7-10,20H2,(H,24,29)(H,25,28)(H,26,27)(H,30,31)(H4,21,22,23). The molecule has 0 aromatic heterocycles. The lowest BCUT2D eigenvalue weighted by Gasteiger charge is -2.23. The normalized spacial score (nSPS) is 13.3. The molecule has 0 heterocycles. The topological polar surface area (TPSA) is 223 Å². The van der Waals surface area contributed by atoms with Gasteiger partial charge in [0.1, 0.15) is 12.1 Å². The number of nitrogens with two attached hydrogens (primary N) is 3. The van der Waals surface area contributed by atoms with Crippen molar-refractivity contribution < 1.29 is 29.4 Å². The molecule has 1 aromatic carbocycles. The first-order valence-corrected chi connectivity index (χ1v) is 9.50. The molecule has 12 nitrogen and oxygen atoms in total. The highest BCUT2D eigenvalue weighted by Gasteiger charge is 2.28. The number of nitrogens with one attached hydrogen (secondary N) is 2. The molecule has 1 rings (SSSR count). The van der Waals surface area contributed by atoms with Crippen LogP contribution >= 0.6 is 0 Å². The third kappa shape index (κ3) is 10.1. The van der Waals surface area contributed by atoms with Crippen LogP contribution in [0.3, 0.4) is 0 Å². The molecule has 0 radical (unpaired) electrons. The molecule has 3 atom stereocenters. The van der Waals surface area contributed by atoms with Crippen molar-refractivity contribution in [3.63, 3.8) is 0 Å². The van der Waals surface area contributed by atoms with Crippen LogP contribution < -0.4 is 27.8 Å². The molecule has 0 aliphatic carbocycles. The number of guanidine groups is 1. The minimum atomic E-state index is -1.36. The largest absolute Gasteiger partial charge is 0.481 e. The van der Waals surface area contributed by atoms with Gasteiger partial charge >= 0.3 is 11.9 Å². The summed E-state index contributed by atoms with van der Waals surface area (Å²) in [5.41, 5.74) is 16.7. The summed E-state index contributed by atoms with van der Waals surface area (Å²) in [6.45, 7) is 0.191. The zero-order valence-corrected chi connectivity index (χ0v) is 16.9. The van der Waals surface area contributed by atoms with Crippen LogP contribution in [-0.4, -0.2) is 64.6 Å². The van der Waals surface area contributed by atoms with Crippen LogP contribution in [0.4, 0.5) is 0 Å². The fourth-order valence-corrected chi connectivity index (χ4v) is 2.65. The van der Waals surface area contributed by atoms with E-state index in [-0.39, 0.29) is 25.3 Å². The molecule has 0 fully saturated rings. The fraction of sp³-hybridized carbons (Fsp3) is 0.421. The second kappa shape index (κ2) is 12.8. The van der Waals surface area contributed by atoms with E-state index in [1.54, 1.807) is 30.3 Å². The highest BCUT2D eigenvalue weighted by atomic mass is 16.4. The molecule has 170 valence electrons. The van der Waals surface area contributed by atoms with Crippen LogP contribution in [-0.2, 0) is 25.6 Å². The Morgan fingerprint density at radius 1 is 0.968 bits per heavy atom. The molecule has 3 unspecified atom stereocenters. The van der Waals surface area contributed by atoms with Crippen LogP contribution in [0.5, 0.6) is 0 Å². The predicted octanol–water partition coefficient (Wildman–Crippen LogP) is -1.86. The van der Waals surface area contributed by atoms with Gasteiger partial charge in [-0.05, 0) is 18.4 Å². The lowest BCUT2D eigenvalue weighted by atomic mass is 10.0. The highest BCUT2D eigenvalue weighted by Crippen LogP contribution is 2.06. The van der Waals surface area contributed by atoms with Crippen LogP contribution in [0.2, 0.25) is 0 Å². The monoisotopic (exact) mass is 436 g/mol. The van der Waals surface area contributed by atoms with Gasteiger partial charge in [-0.2, -0.15) is 0 Å². The summed E-state index contributed by atoms with van der Waals surface area (Å²) < 4.78 is 0. The van der Waals surface area contributed by atoms with Crippen LogP contribution in [0.1, 0.15) is 24.8 Å². The molecule has 0 spiro atoms. The molecule has 10 N–H and O–H groups in total. The molecule has 12 heteroatoms. The zero-order valence-electron chi connectivity index (χ0n) is 16.9. The van der Waals surface area contributed by atoms with Crippen molar-refractivity contribution >= 4 is 29.7 Å². The van der Waals surface area contributed by atoms with Crippen molar-refractivity contribution in [2.75, 3.05) is 6.54 Å². The number of carboxylic acid groups (broad SMARTS) is 2.